The Labute approximate surface area is 123 Å². The summed E-state index contributed by atoms with van der Waals surface area (Å²) in [5.41, 5.74) is 2.02. The molecule has 0 saturated heterocycles. The van der Waals surface area contributed by atoms with Crippen molar-refractivity contribution in [2.45, 2.75) is 13.3 Å². The van der Waals surface area contributed by atoms with Crippen LogP contribution in [0.3, 0.4) is 0 Å². The molecule has 2 nitrogen and oxygen atoms in total. The Bertz CT molecular complexity index is 658. The minimum atomic E-state index is -0.950. The highest BCUT2D eigenvalue weighted by Crippen LogP contribution is 2.23. The Balaban J connectivity index is 2.09. The van der Waals surface area contributed by atoms with Crippen molar-refractivity contribution >= 4 is 27.5 Å². The molecular weight excluding hydrogens is 328 g/mol. The van der Waals surface area contributed by atoms with Crippen LogP contribution in [-0.2, 0) is 11.2 Å². The lowest BCUT2D eigenvalue weighted by Crippen LogP contribution is -2.15. The Hall–Kier alpha value is -1.75. The number of hydrogen-bond donors (Lipinski definition) is 1. The summed E-state index contributed by atoms with van der Waals surface area (Å²) in [6, 6.07) is 8.91. The zero-order valence-corrected chi connectivity index (χ0v) is 12.3. The van der Waals surface area contributed by atoms with E-state index in [4.69, 9.17) is 0 Å². The summed E-state index contributed by atoms with van der Waals surface area (Å²) in [7, 11) is 0. The van der Waals surface area contributed by atoms with E-state index < -0.39 is 11.6 Å². The Kier molecular flexibility index (Phi) is 4.49. The summed E-state index contributed by atoms with van der Waals surface area (Å²) in [6.45, 7) is 1.87. The third-order valence-corrected chi connectivity index (χ3v) is 3.75. The standard InChI is InChI=1S/C15H12BrF2NO/c1-9-11(16)3-2-4-14(9)19-15(20)8-10-5-6-12(17)13(18)7-10/h2-7H,8H2,1H3,(H,19,20). The number of amides is 1. The van der Waals surface area contributed by atoms with Gasteiger partial charge in [-0.1, -0.05) is 28.1 Å². The molecule has 0 unspecified atom stereocenters. The van der Waals surface area contributed by atoms with Crippen molar-refractivity contribution in [3.8, 4) is 0 Å². The molecular formula is C15H12BrF2NO. The van der Waals surface area contributed by atoms with Gasteiger partial charge in [0, 0.05) is 10.2 Å². The third kappa shape index (κ3) is 3.42. The molecule has 1 N–H and O–H groups in total. The van der Waals surface area contributed by atoms with Gasteiger partial charge in [-0.05, 0) is 42.3 Å². The molecule has 2 aromatic rings. The number of hydrogen-bond acceptors (Lipinski definition) is 1. The number of nitrogens with one attached hydrogen (secondary N) is 1. The molecule has 1 amide bonds. The van der Waals surface area contributed by atoms with Crippen molar-refractivity contribution in [1.29, 1.82) is 0 Å². The van der Waals surface area contributed by atoms with Gasteiger partial charge in [0.05, 0.1) is 6.42 Å². The zero-order valence-electron chi connectivity index (χ0n) is 10.7. The second kappa shape index (κ2) is 6.13. The molecule has 104 valence electrons. The summed E-state index contributed by atoms with van der Waals surface area (Å²) in [4.78, 5) is 11.9. The van der Waals surface area contributed by atoms with Crippen molar-refractivity contribution < 1.29 is 13.6 Å². The normalized spacial score (nSPS) is 10.4. The summed E-state index contributed by atoms with van der Waals surface area (Å²) >= 11 is 3.38. The molecule has 0 aliphatic carbocycles. The number of benzene rings is 2. The number of carbonyl (C=O) groups excluding carboxylic acids is 1. The Morgan fingerprint density at radius 1 is 1.20 bits per heavy atom. The summed E-state index contributed by atoms with van der Waals surface area (Å²) in [6.07, 6.45) is -0.0108. The van der Waals surface area contributed by atoms with Crippen LogP contribution in [0.2, 0.25) is 0 Å². The quantitative estimate of drug-likeness (QED) is 0.891. The third-order valence-electron chi connectivity index (χ3n) is 2.89. The second-order valence-corrected chi connectivity index (χ2v) is 5.24. The molecule has 2 aromatic carbocycles. The molecule has 0 saturated carbocycles. The van der Waals surface area contributed by atoms with E-state index in [2.05, 4.69) is 21.2 Å². The smallest absolute Gasteiger partial charge is 0.228 e. The molecule has 0 bridgehead atoms. The van der Waals surface area contributed by atoms with Gasteiger partial charge in [0.15, 0.2) is 11.6 Å². The number of anilines is 1. The van der Waals surface area contributed by atoms with Gasteiger partial charge in [-0.15, -0.1) is 0 Å². The van der Waals surface area contributed by atoms with Crippen LogP contribution in [0.1, 0.15) is 11.1 Å². The first-order chi connectivity index (χ1) is 9.47. The molecule has 0 aliphatic heterocycles. The molecule has 0 fully saturated rings. The molecule has 0 heterocycles. The predicted molar refractivity (Wildman–Crippen MR) is 77.6 cm³/mol. The minimum Gasteiger partial charge on any atom is -0.326 e. The van der Waals surface area contributed by atoms with Crippen LogP contribution < -0.4 is 5.32 Å². The fourth-order valence-corrected chi connectivity index (χ4v) is 2.14. The van der Waals surface area contributed by atoms with Crippen LogP contribution in [0.4, 0.5) is 14.5 Å². The number of rotatable bonds is 3. The van der Waals surface area contributed by atoms with Crippen molar-refractivity contribution in [2.24, 2.45) is 0 Å². The number of halogens is 3. The second-order valence-electron chi connectivity index (χ2n) is 4.39. The van der Waals surface area contributed by atoms with E-state index >= 15 is 0 Å². The van der Waals surface area contributed by atoms with Crippen LogP contribution in [-0.4, -0.2) is 5.91 Å². The molecule has 0 aromatic heterocycles. The highest BCUT2D eigenvalue weighted by Gasteiger charge is 2.09. The van der Waals surface area contributed by atoms with Gasteiger partial charge in [-0.25, -0.2) is 8.78 Å². The summed E-state index contributed by atoms with van der Waals surface area (Å²) in [5, 5.41) is 2.75. The lowest BCUT2D eigenvalue weighted by atomic mass is 10.1. The first kappa shape index (κ1) is 14.7. The van der Waals surface area contributed by atoms with E-state index in [9.17, 15) is 13.6 Å². The molecule has 5 heteroatoms. The van der Waals surface area contributed by atoms with E-state index in [1.54, 1.807) is 6.07 Å². The molecule has 0 radical (unpaired) electrons. The van der Waals surface area contributed by atoms with E-state index in [0.29, 0.717) is 11.3 Å². The number of carbonyl (C=O) groups is 1. The monoisotopic (exact) mass is 339 g/mol. The van der Waals surface area contributed by atoms with Gasteiger partial charge in [-0.3, -0.25) is 4.79 Å². The maximum absolute atomic E-state index is 13.1. The van der Waals surface area contributed by atoms with Gasteiger partial charge >= 0.3 is 0 Å². The average molecular weight is 340 g/mol. The summed E-state index contributed by atoms with van der Waals surface area (Å²) < 4.78 is 26.8. The molecule has 20 heavy (non-hydrogen) atoms. The maximum atomic E-state index is 13.1. The minimum absolute atomic E-state index is 0.0108. The van der Waals surface area contributed by atoms with Crippen molar-refractivity contribution in [2.75, 3.05) is 5.32 Å². The SMILES string of the molecule is Cc1c(Br)cccc1NC(=O)Cc1ccc(F)c(F)c1. The molecule has 0 aliphatic rings. The molecule has 2 rings (SSSR count). The van der Waals surface area contributed by atoms with Gasteiger partial charge < -0.3 is 5.32 Å². The van der Waals surface area contributed by atoms with Crippen LogP contribution in [0.25, 0.3) is 0 Å². The van der Waals surface area contributed by atoms with E-state index in [-0.39, 0.29) is 12.3 Å². The predicted octanol–water partition coefficient (Wildman–Crippen LogP) is 4.22. The van der Waals surface area contributed by atoms with Crippen LogP contribution >= 0.6 is 15.9 Å². The van der Waals surface area contributed by atoms with E-state index in [0.717, 1.165) is 22.2 Å². The van der Waals surface area contributed by atoms with Crippen LogP contribution in [0.15, 0.2) is 40.9 Å². The van der Waals surface area contributed by atoms with E-state index in [1.807, 2.05) is 19.1 Å². The highest BCUT2D eigenvalue weighted by atomic mass is 79.9. The van der Waals surface area contributed by atoms with Crippen molar-refractivity contribution in [3.63, 3.8) is 0 Å². The maximum Gasteiger partial charge on any atom is 0.228 e. The van der Waals surface area contributed by atoms with Crippen LogP contribution in [0, 0.1) is 18.6 Å². The Morgan fingerprint density at radius 2 is 1.95 bits per heavy atom. The fourth-order valence-electron chi connectivity index (χ4n) is 1.77. The first-order valence-corrected chi connectivity index (χ1v) is 6.75. The topological polar surface area (TPSA) is 29.1 Å². The fraction of sp³-hybridized carbons (Fsp3) is 0.133. The van der Waals surface area contributed by atoms with E-state index in [1.165, 1.54) is 6.07 Å². The van der Waals surface area contributed by atoms with Gasteiger partial charge in [0.1, 0.15) is 0 Å². The summed E-state index contributed by atoms with van der Waals surface area (Å²) in [5.74, 6) is -2.15. The first-order valence-electron chi connectivity index (χ1n) is 5.96. The lowest BCUT2D eigenvalue weighted by Gasteiger charge is -2.09. The van der Waals surface area contributed by atoms with Crippen molar-refractivity contribution in [1.82, 2.24) is 0 Å². The lowest BCUT2D eigenvalue weighted by molar-refractivity contribution is -0.115. The highest BCUT2D eigenvalue weighted by molar-refractivity contribution is 9.10. The average Bonchev–Trinajstić information content (AvgIpc) is 2.39. The largest absolute Gasteiger partial charge is 0.326 e. The van der Waals surface area contributed by atoms with Gasteiger partial charge in [0.25, 0.3) is 0 Å². The zero-order chi connectivity index (χ0) is 14.7. The molecule has 0 spiro atoms. The van der Waals surface area contributed by atoms with Gasteiger partial charge in [0.2, 0.25) is 5.91 Å². The van der Waals surface area contributed by atoms with Crippen molar-refractivity contribution in [3.05, 3.63) is 63.6 Å². The molecule has 0 atom stereocenters. The van der Waals surface area contributed by atoms with Gasteiger partial charge in [-0.2, -0.15) is 0 Å². The Morgan fingerprint density at radius 3 is 2.65 bits per heavy atom. The van der Waals surface area contributed by atoms with Crippen LogP contribution in [0.5, 0.6) is 0 Å².